The first-order valence-corrected chi connectivity index (χ1v) is 4.29. The molecule has 14 heavy (non-hydrogen) atoms. The summed E-state index contributed by atoms with van der Waals surface area (Å²) in [5.74, 6) is -0.518. The Kier molecular flexibility index (Phi) is 2.41. The van der Waals surface area contributed by atoms with Crippen molar-refractivity contribution in [3.8, 4) is 11.3 Å². The molecule has 0 aliphatic carbocycles. The van der Waals surface area contributed by atoms with Gasteiger partial charge in [0.2, 0.25) is 5.95 Å². The lowest BCUT2D eigenvalue weighted by molar-refractivity contribution is 0.584. The maximum absolute atomic E-state index is 12.5. The summed E-state index contributed by atoms with van der Waals surface area (Å²) in [7, 11) is 0. The van der Waals surface area contributed by atoms with Crippen molar-refractivity contribution >= 4 is 11.6 Å². The zero-order valence-electron chi connectivity index (χ0n) is 7.04. The third-order valence-electron chi connectivity index (χ3n) is 1.66. The second-order valence-corrected chi connectivity index (χ2v) is 3.02. The van der Waals surface area contributed by atoms with Crippen molar-refractivity contribution in [2.75, 3.05) is 0 Å². The van der Waals surface area contributed by atoms with Gasteiger partial charge in [-0.05, 0) is 24.3 Å². The molecule has 0 unspecified atom stereocenters. The molecule has 0 aliphatic rings. The summed E-state index contributed by atoms with van der Waals surface area (Å²) >= 11 is 5.70. The van der Waals surface area contributed by atoms with Crippen LogP contribution in [0, 0.1) is 12.0 Å². The molecule has 0 spiro atoms. The number of pyridine rings is 2. The molecule has 2 aromatic rings. The van der Waals surface area contributed by atoms with E-state index < -0.39 is 5.95 Å². The second kappa shape index (κ2) is 3.72. The quantitative estimate of drug-likeness (QED) is 0.672. The smallest absolute Gasteiger partial charge is 0.212 e. The van der Waals surface area contributed by atoms with Crippen molar-refractivity contribution in [3.63, 3.8) is 0 Å². The zero-order chi connectivity index (χ0) is 9.97. The molecule has 0 bridgehead atoms. The summed E-state index contributed by atoms with van der Waals surface area (Å²) in [5, 5.41) is 0.378. The van der Waals surface area contributed by atoms with Crippen LogP contribution in [0.15, 0.2) is 30.5 Å². The predicted molar refractivity (Wildman–Crippen MR) is 51.3 cm³/mol. The zero-order valence-corrected chi connectivity index (χ0v) is 7.79. The Hall–Kier alpha value is -1.48. The van der Waals surface area contributed by atoms with Crippen molar-refractivity contribution in [1.82, 2.24) is 9.97 Å². The van der Waals surface area contributed by atoms with E-state index in [2.05, 4.69) is 16.0 Å². The first-order valence-electron chi connectivity index (χ1n) is 3.92. The molecule has 69 valence electrons. The van der Waals surface area contributed by atoms with Crippen LogP contribution in [0.25, 0.3) is 11.3 Å². The second-order valence-electron chi connectivity index (χ2n) is 2.63. The lowest BCUT2D eigenvalue weighted by atomic mass is 10.2. The van der Waals surface area contributed by atoms with E-state index in [4.69, 9.17) is 11.6 Å². The lowest BCUT2D eigenvalue weighted by Crippen LogP contribution is -1.86. The van der Waals surface area contributed by atoms with E-state index in [1.807, 2.05) is 0 Å². The van der Waals surface area contributed by atoms with Gasteiger partial charge in [-0.1, -0.05) is 11.6 Å². The van der Waals surface area contributed by atoms with E-state index in [0.717, 1.165) is 0 Å². The van der Waals surface area contributed by atoms with Gasteiger partial charge in [0, 0.05) is 17.8 Å². The Morgan fingerprint density at radius 2 is 2.14 bits per heavy atom. The molecule has 2 aromatic heterocycles. The van der Waals surface area contributed by atoms with Crippen molar-refractivity contribution < 1.29 is 4.39 Å². The standard InChI is InChI=1S/C10H5ClFN2/c11-9-3-1-2-8(14-9)7-4-5-10(12)13-6-7/h1,3-6H. The van der Waals surface area contributed by atoms with Gasteiger partial charge >= 0.3 is 0 Å². The van der Waals surface area contributed by atoms with E-state index in [1.54, 1.807) is 18.2 Å². The number of aromatic nitrogens is 2. The highest BCUT2D eigenvalue weighted by Crippen LogP contribution is 2.17. The summed E-state index contributed by atoms with van der Waals surface area (Å²) in [5.41, 5.74) is 1.25. The largest absolute Gasteiger partial charge is 0.235 e. The molecular weight excluding hydrogens is 203 g/mol. The van der Waals surface area contributed by atoms with E-state index in [1.165, 1.54) is 12.3 Å². The molecule has 1 radical (unpaired) electrons. The van der Waals surface area contributed by atoms with Crippen LogP contribution >= 0.6 is 11.6 Å². The Morgan fingerprint density at radius 1 is 1.29 bits per heavy atom. The molecular formula is C10H5ClFN2. The molecule has 0 saturated carbocycles. The molecule has 4 heteroatoms. The molecule has 0 fully saturated rings. The van der Waals surface area contributed by atoms with Crippen LogP contribution in [-0.4, -0.2) is 9.97 Å². The molecule has 0 saturated heterocycles. The maximum atomic E-state index is 12.5. The number of hydrogen-bond acceptors (Lipinski definition) is 2. The third-order valence-corrected chi connectivity index (χ3v) is 1.87. The molecule has 0 amide bonds. The summed E-state index contributed by atoms with van der Waals surface area (Å²) in [6.07, 6.45) is 1.39. The van der Waals surface area contributed by atoms with Gasteiger partial charge in [-0.2, -0.15) is 4.39 Å². The van der Waals surface area contributed by atoms with E-state index in [9.17, 15) is 4.39 Å². The molecule has 2 heterocycles. The summed E-state index contributed by atoms with van der Waals surface area (Å²) in [6.45, 7) is 0. The molecule has 2 nitrogen and oxygen atoms in total. The molecule has 0 N–H and O–H groups in total. The number of halogens is 2. The minimum absolute atomic E-state index is 0.378. The summed E-state index contributed by atoms with van der Waals surface area (Å²) < 4.78 is 12.5. The van der Waals surface area contributed by atoms with Crippen LogP contribution in [0.2, 0.25) is 5.15 Å². The van der Waals surface area contributed by atoms with Gasteiger partial charge in [0.1, 0.15) is 5.15 Å². The van der Waals surface area contributed by atoms with Crippen LogP contribution in [0.4, 0.5) is 4.39 Å². The average Bonchev–Trinajstić information content (AvgIpc) is 2.19. The van der Waals surface area contributed by atoms with Crippen LogP contribution in [-0.2, 0) is 0 Å². The van der Waals surface area contributed by atoms with Gasteiger partial charge < -0.3 is 0 Å². The van der Waals surface area contributed by atoms with E-state index in [-0.39, 0.29) is 0 Å². The van der Waals surface area contributed by atoms with Crippen LogP contribution in [0.3, 0.4) is 0 Å². The van der Waals surface area contributed by atoms with Gasteiger partial charge in [-0.15, -0.1) is 0 Å². The Balaban J connectivity index is 2.44. The molecule has 2 rings (SSSR count). The van der Waals surface area contributed by atoms with Crippen LogP contribution in [0.1, 0.15) is 0 Å². The van der Waals surface area contributed by atoms with Crippen molar-refractivity contribution in [2.45, 2.75) is 0 Å². The monoisotopic (exact) mass is 207 g/mol. The molecule has 0 aromatic carbocycles. The highest BCUT2D eigenvalue weighted by molar-refractivity contribution is 6.29. The SMILES string of the molecule is Fc1ccc(-c2[c]ccc(Cl)n2)cn1. The van der Waals surface area contributed by atoms with Crippen molar-refractivity contribution in [1.29, 1.82) is 0 Å². The highest BCUT2D eigenvalue weighted by atomic mass is 35.5. The first-order chi connectivity index (χ1) is 6.75. The average molecular weight is 208 g/mol. The normalized spacial score (nSPS) is 10.1. The van der Waals surface area contributed by atoms with Crippen LogP contribution < -0.4 is 0 Å². The van der Waals surface area contributed by atoms with Crippen molar-refractivity contribution in [2.24, 2.45) is 0 Å². The van der Waals surface area contributed by atoms with Crippen LogP contribution in [0.5, 0.6) is 0 Å². The minimum Gasteiger partial charge on any atom is -0.235 e. The Morgan fingerprint density at radius 3 is 2.79 bits per heavy atom. The minimum atomic E-state index is -0.518. The summed E-state index contributed by atoms with van der Waals surface area (Å²) in [4.78, 5) is 7.54. The van der Waals surface area contributed by atoms with E-state index in [0.29, 0.717) is 16.4 Å². The number of rotatable bonds is 1. The Bertz CT molecular complexity index is 442. The molecule has 0 aliphatic heterocycles. The van der Waals surface area contributed by atoms with Gasteiger partial charge in [0.05, 0.1) is 5.69 Å². The number of hydrogen-bond donors (Lipinski definition) is 0. The van der Waals surface area contributed by atoms with Gasteiger partial charge in [-0.3, -0.25) is 0 Å². The fraction of sp³-hybridized carbons (Fsp3) is 0. The predicted octanol–water partition coefficient (Wildman–Crippen LogP) is 2.74. The van der Waals surface area contributed by atoms with E-state index >= 15 is 0 Å². The fourth-order valence-electron chi connectivity index (χ4n) is 1.03. The van der Waals surface area contributed by atoms with Crippen molar-refractivity contribution in [3.05, 3.63) is 47.6 Å². The van der Waals surface area contributed by atoms with Gasteiger partial charge in [0.25, 0.3) is 0 Å². The topological polar surface area (TPSA) is 25.8 Å². The Labute approximate surface area is 85.4 Å². The van der Waals surface area contributed by atoms with Gasteiger partial charge in [0.15, 0.2) is 0 Å². The third kappa shape index (κ3) is 1.88. The van der Waals surface area contributed by atoms with Gasteiger partial charge in [-0.25, -0.2) is 9.97 Å². The summed E-state index contributed by atoms with van der Waals surface area (Å²) in [6, 6.07) is 9.03. The highest BCUT2D eigenvalue weighted by Gasteiger charge is 2.00. The fourth-order valence-corrected chi connectivity index (χ4v) is 1.18. The lowest BCUT2D eigenvalue weighted by Gasteiger charge is -1.99. The first kappa shape index (κ1) is 9.09. The molecule has 0 atom stereocenters. The maximum Gasteiger partial charge on any atom is 0.212 e. The number of nitrogens with zero attached hydrogens (tertiary/aromatic N) is 2.